The van der Waals surface area contributed by atoms with Gasteiger partial charge in [0, 0.05) is 25.0 Å². The Balaban J connectivity index is 0.00000192. The molecule has 1 aromatic heterocycles. The van der Waals surface area contributed by atoms with Gasteiger partial charge in [0.1, 0.15) is 5.52 Å². The SMILES string of the molecule is CCCN(C(=O)c1cccc2nccnc12)C1CCNCC1.Cl. The topological polar surface area (TPSA) is 58.1 Å². The highest BCUT2D eigenvalue weighted by Gasteiger charge is 2.26. The number of benzene rings is 1. The Morgan fingerprint density at radius 1 is 1.26 bits per heavy atom. The molecule has 1 aliphatic heterocycles. The lowest BCUT2D eigenvalue weighted by Crippen LogP contribution is -2.46. The van der Waals surface area contributed by atoms with E-state index >= 15 is 0 Å². The zero-order chi connectivity index (χ0) is 15.4. The summed E-state index contributed by atoms with van der Waals surface area (Å²) in [6.07, 6.45) is 6.30. The molecule has 1 N–H and O–H groups in total. The number of hydrogen-bond acceptors (Lipinski definition) is 4. The Hall–Kier alpha value is -1.72. The molecule has 0 aliphatic carbocycles. The van der Waals surface area contributed by atoms with Crippen molar-refractivity contribution in [3.63, 3.8) is 0 Å². The van der Waals surface area contributed by atoms with Gasteiger partial charge in [-0.15, -0.1) is 12.4 Å². The first-order valence-corrected chi connectivity index (χ1v) is 8.02. The molecular weight excluding hydrogens is 312 g/mol. The molecule has 0 radical (unpaired) electrons. The molecule has 1 fully saturated rings. The van der Waals surface area contributed by atoms with Crippen molar-refractivity contribution >= 4 is 29.3 Å². The number of carbonyl (C=O) groups is 1. The average Bonchev–Trinajstić information content (AvgIpc) is 2.59. The van der Waals surface area contributed by atoms with Crippen LogP contribution in [0.3, 0.4) is 0 Å². The first-order valence-electron chi connectivity index (χ1n) is 8.02. The van der Waals surface area contributed by atoms with E-state index in [0.717, 1.165) is 44.4 Å². The van der Waals surface area contributed by atoms with Crippen molar-refractivity contribution < 1.29 is 4.79 Å². The highest BCUT2D eigenvalue weighted by Crippen LogP contribution is 2.20. The maximum Gasteiger partial charge on any atom is 0.256 e. The standard InChI is InChI=1S/C17H22N4O.ClH/c1-2-12-21(13-6-8-18-9-7-13)17(22)14-4-3-5-15-16(14)20-11-10-19-15;/h3-5,10-11,13,18H,2,6-9,12H2,1H3;1H. The molecule has 1 aromatic carbocycles. The molecule has 1 aliphatic rings. The fourth-order valence-electron chi connectivity index (χ4n) is 3.13. The van der Waals surface area contributed by atoms with E-state index < -0.39 is 0 Å². The van der Waals surface area contributed by atoms with Crippen molar-refractivity contribution in [3.05, 3.63) is 36.2 Å². The molecule has 0 atom stereocenters. The number of piperidine rings is 1. The van der Waals surface area contributed by atoms with Gasteiger partial charge >= 0.3 is 0 Å². The minimum atomic E-state index is 0. The number of halogens is 1. The predicted molar refractivity (Wildman–Crippen MR) is 94.0 cm³/mol. The number of para-hydroxylation sites is 1. The molecule has 1 saturated heterocycles. The Morgan fingerprint density at radius 3 is 2.74 bits per heavy atom. The molecule has 23 heavy (non-hydrogen) atoms. The number of nitrogens with zero attached hydrogens (tertiary/aromatic N) is 3. The normalized spacial score (nSPS) is 15.2. The molecule has 0 unspecified atom stereocenters. The lowest BCUT2D eigenvalue weighted by molar-refractivity contribution is 0.0644. The summed E-state index contributed by atoms with van der Waals surface area (Å²) in [6.45, 7) is 4.87. The van der Waals surface area contributed by atoms with E-state index in [1.807, 2.05) is 23.1 Å². The summed E-state index contributed by atoms with van der Waals surface area (Å²) in [4.78, 5) is 23.8. The van der Waals surface area contributed by atoms with E-state index in [4.69, 9.17) is 0 Å². The van der Waals surface area contributed by atoms with Gasteiger partial charge in [-0.2, -0.15) is 0 Å². The lowest BCUT2D eigenvalue weighted by Gasteiger charge is -2.34. The van der Waals surface area contributed by atoms with Gasteiger partial charge in [-0.3, -0.25) is 14.8 Å². The van der Waals surface area contributed by atoms with E-state index in [0.29, 0.717) is 17.1 Å². The second-order valence-electron chi connectivity index (χ2n) is 5.71. The maximum absolute atomic E-state index is 13.1. The van der Waals surface area contributed by atoms with Gasteiger partial charge in [0.2, 0.25) is 0 Å². The minimum Gasteiger partial charge on any atom is -0.336 e. The Morgan fingerprint density at radius 2 is 2.00 bits per heavy atom. The minimum absolute atomic E-state index is 0. The molecule has 0 spiro atoms. The van der Waals surface area contributed by atoms with E-state index in [1.54, 1.807) is 12.4 Å². The fraction of sp³-hybridized carbons (Fsp3) is 0.471. The number of carbonyl (C=O) groups excluding carboxylic acids is 1. The zero-order valence-corrected chi connectivity index (χ0v) is 14.2. The summed E-state index contributed by atoms with van der Waals surface area (Å²) in [5.74, 6) is 0.0832. The van der Waals surface area contributed by atoms with E-state index in [9.17, 15) is 4.79 Å². The van der Waals surface area contributed by atoms with Crippen molar-refractivity contribution in [1.82, 2.24) is 20.2 Å². The number of rotatable bonds is 4. The molecule has 124 valence electrons. The highest BCUT2D eigenvalue weighted by atomic mass is 35.5. The quantitative estimate of drug-likeness (QED) is 0.934. The third-order valence-electron chi connectivity index (χ3n) is 4.20. The second kappa shape index (κ2) is 8.22. The van der Waals surface area contributed by atoms with Gasteiger partial charge < -0.3 is 10.2 Å². The van der Waals surface area contributed by atoms with Crippen LogP contribution in [-0.4, -0.2) is 46.5 Å². The number of hydrogen-bond donors (Lipinski definition) is 1. The highest BCUT2D eigenvalue weighted by molar-refractivity contribution is 6.04. The van der Waals surface area contributed by atoms with Crippen LogP contribution in [-0.2, 0) is 0 Å². The Bertz CT molecular complexity index is 653. The lowest BCUT2D eigenvalue weighted by atomic mass is 10.0. The maximum atomic E-state index is 13.1. The Kier molecular flexibility index (Phi) is 6.30. The smallest absolute Gasteiger partial charge is 0.256 e. The molecule has 6 heteroatoms. The molecular formula is C17H23ClN4O. The number of amides is 1. The summed E-state index contributed by atoms with van der Waals surface area (Å²) >= 11 is 0. The fourth-order valence-corrected chi connectivity index (χ4v) is 3.13. The van der Waals surface area contributed by atoms with Crippen LogP contribution in [0.25, 0.3) is 11.0 Å². The number of aromatic nitrogens is 2. The Labute approximate surface area is 142 Å². The van der Waals surface area contributed by atoms with E-state index in [1.165, 1.54) is 0 Å². The van der Waals surface area contributed by atoms with Crippen molar-refractivity contribution in [2.45, 2.75) is 32.2 Å². The van der Waals surface area contributed by atoms with Gasteiger partial charge in [0.05, 0.1) is 11.1 Å². The van der Waals surface area contributed by atoms with Gasteiger partial charge in [-0.1, -0.05) is 13.0 Å². The number of fused-ring (bicyclic) bond motifs is 1. The van der Waals surface area contributed by atoms with Crippen LogP contribution in [0, 0.1) is 0 Å². The van der Waals surface area contributed by atoms with Crippen LogP contribution in [0.5, 0.6) is 0 Å². The van der Waals surface area contributed by atoms with Crippen molar-refractivity contribution in [1.29, 1.82) is 0 Å². The second-order valence-corrected chi connectivity index (χ2v) is 5.71. The molecule has 0 saturated carbocycles. The summed E-state index contributed by atoms with van der Waals surface area (Å²) in [5.41, 5.74) is 2.14. The van der Waals surface area contributed by atoms with Crippen LogP contribution in [0.4, 0.5) is 0 Å². The largest absolute Gasteiger partial charge is 0.336 e. The molecule has 0 bridgehead atoms. The van der Waals surface area contributed by atoms with Crippen LogP contribution >= 0.6 is 12.4 Å². The first kappa shape index (κ1) is 17.6. The van der Waals surface area contributed by atoms with Crippen molar-refractivity contribution in [2.24, 2.45) is 0 Å². The molecule has 1 amide bonds. The summed E-state index contributed by atoms with van der Waals surface area (Å²) in [5, 5.41) is 3.36. The summed E-state index contributed by atoms with van der Waals surface area (Å²) < 4.78 is 0. The van der Waals surface area contributed by atoms with Gasteiger partial charge in [0.25, 0.3) is 5.91 Å². The summed E-state index contributed by atoms with van der Waals surface area (Å²) in [6, 6.07) is 5.97. The average molecular weight is 335 g/mol. The summed E-state index contributed by atoms with van der Waals surface area (Å²) in [7, 11) is 0. The molecule has 2 aromatic rings. The zero-order valence-electron chi connectivity index (χ0n) is 13.4. The van der Waals surface area contributed by atoms with Gasteiger partial charge in [-0.25, -0.2) is 0 Å². The van der Waals surface area contributed by atoms with Crippen LogP contribution in [0.1, 0.15) is 36.5 Å². The van der Waals surface area contributed by atoms with Gasteiger partial charge in [0.15, 0.2) is 0 Å². The van der Waals surface area contributed by atoms with E-state index in [2.05, 4.69) is 22.2 Å². The third kappa shape index (κ3) is 3.79. The van der Waals surface area contributed by atoms with Crippen LogP contribution in [0.2, 0.25) is 0 Å². The third-order valence-corrected chi connectivity index (χ3v) is 4.20. The monoisotopic (exact) mass is 334 g/mol. The molecule has 2 heterocycles. The van der Waals surface area contributed by atoms with Crippen molar-refractivity contribution in [3.8, 4) is 0 Å². The van der Waals surface area contributed by atoms with Crippen molar-refractivity contribution in [2.75, 3.05) is 19.6 Å². The van der Waals surface area contributed by atoms with Crippen LogP contribution in [0.15, 0.2) is 30.6 Å². The van der Waals surface area contributed by atoms with E-state index in [-0.39, 0.29) is 18.3 Å². The number of nitrogens with one attached hydrogen (secondary N) is 1. The predicted octanol–water partition coefficient (Wildman–Crippen LogP) is 2.66. The van der Waals surface area contributed by atoms with Crippen LogP contribution < -0.4 is 5.32 Å². The first-order chi connectivity index (χ1) is 10.8. The molecule has 3 rings (SSSR count). The molecule has 5 nitrogen and oxygen atoms in total. The van der Waals surface area contributed by atoms with Gasteiger partial charge in [-0.05, 0) is 44.5 Å².